The monoisotopic (exact) mass is 217 g/mol. The van der Waals surface area contributed by atoms with Crippen molar-refractivity contribution in [3.8, 4) is 0 Å². The van der Waals surface area contributed by atoms with Gasteiger partial charge in [0.05, 0.1) is 6.04 Å². The maximum Gasteiger partial charge on any atom is 0.334 e. The van der Waals surface area contributed by atoms with Crippen LogP contribution in [0.1, 0.15) is 11.6 Å². The SMILES string of the molecule is Cl.NC(c1ccccc1)[C@@H](O)C(=O)O. The number of nitrogens with two attached hydrogens (primary N) is 1. The number of hydrogen-bond acceptors (Lipinski definition) is 3. The Hall–Kier alpha value is -1.10. The van der Waals surface area contributed by atoms with Crippen LogP contribution in [0.25, 0.3) is 0 Å². The summed E-state index contributed by atoms with van der Waals surface area (Å²) >= 11 is 0. The molecule has 1 rings (SSSR count). The number of carboxylic acids is 1. The van der Waals surface area contributed by atoms with E-state index in [0.717, 1.165) is 0 Å². The summed E-state index contributed by atoms with van der Waals surface area (Å²) in [5.41, 5.74) is 6.12. The maximum absolute atomic E-state index is 10.4. The number of aliphatic hydroxyl groups is 1. The largest absolute Gasteiger partial charge is 0.479 e. The number of carbonyl (C=O) groups is 1. The molecule has 0 bridgehead atoms. The van der Waals surface area contributed by atoms with Crippen molar-refractivity contribution >= 4 is 18.4 Å². The van der Waals surface area contributed by atoms with Gasteiger partial charge in [0.1, 0.15) is 0 Å². The van der Waals surface area contributed by atoms with Gasteiger partial charge in [-0.25, -0.2) is 4.79 Å². The first-order valence-corrected chi connectivity index (χ1v) is 3.84. The number of rotatable bonds is 3. The molecular weight excluding hydrogens is 206 g/mol. The predicted molar refractivity (Wildman–Crippen MR) is 54.3 cm³/mol. The molecule has 0 saturated carbocycles. The molecule has 0 aromatic heterocycles. The normalized spacial score (nSPS) is 13.9. The van der Waals surface area contributed by atoms with Gasteiger partial charge >= 0.3 is 5.97 Å². The summed E-state index contributed by atoms with van der Waals surface area (Å²) in [7, 11) is 0. The van der Waals surface area contributed by atoms with Crippen molar-refractivity contribution in [1.29, 1.82) is 0 Å². The first kappa shape index (κ1) is 12.9. The Balaban J connectivity index is 0.00000169. The standard InChI is InChI=1S/C9H11NO3.ClH/c10-7(8(11)9(12)13)6-4-2-1-3-5-6;/h1-5,7-8,11H,10H2,(H,12,13);1H/t7?,8-;/m1./s1. The molecule has 0 aliphatic rings. The van der Waals surface area contributed by atoms with Crippen LogP contribution in [0.15, 0.2) is 30.3 Å². The smallest absolute Gasteiger partial charge is 0.334 e. The van der Waals surface area contributed by atoms with Crippen molar-refractivity contribution in [2.24, 2.45) is 5.73 Å². The van der Waals surface area contributed by atoms with Gasteiger partial charge in [-0.15, -0.1) is 12.4 Å². The predicted octanol–water partition coefficient (Wildman–Crippen LogP) is 0.554. The number of hydrogen-bond donors (Lipinski definition) is 3. The van der Waals surface area contributed by atoms with Crippen molar-refractivity contribution < 1.29 is 15.0 Å². The van der Waals surface area contributed by atoms with Crippen LogP contribution in [0, 0.1) is 0 Å². The summed E-state index contributed by atoms with van der Waals surface area (Å²) in [5.74, 6) is -1.31. The minimum atomic E-state index is -1.55. The highest BCUT2D eigenvalue weighted by atomic mass is 35.5. The molecule has 0 amide bonds. The van der Waals surface area contributed by atoms with E-state index in [9.17, 15) is 4.79 Å². The summed E-state index contributed by atoms with van der Waals surface area (Å²) in [4.78, 5) is 10.4. The molecule has 0 saturated heterocycles. The molecular formula is C9H12ClNO3. The minimum Gasteiger partial charge on any atom is -0.479 e. The van der Waals surface area contributed by atoms with E-state index in [0.29, 0.717) is 5.56 Å². The summed E-state index contributed by atoms with van der Waals surface area (Å²) in [5, 5.41) is 17.6. The fourth-order valence-electron chi connectivity index (χ4n) is 1.01. The summed E-state index contributed by atoms with van der Waals surface area (Å²) in [6.45, 7) is 0. The van der Waals surface area contributed by atoms with E-state index in [1.165, 1.54) is 0 Å². The van der Waals surface area contributed by atoms with Gasteiger partial charge in [0.25, 0.3) is 0 Å². The molecule has 1 unspecified atom stereocenters. The lowest BCUT2D eigenvalue weighted by molar-refractivity contribution is -0.147. The fourth-order valence-corrected chi connectivity index (χ4v) is 1.01. The number of carboxylic acid groups (broad SMARTS) is 1. The highest BCUT2D eigenvalue weighted by Crippen LogP contribution is 2.13. The Kier molecular flexibility index (Phi) is 5.15. The van der Waals surface area contributed by atoms with Gasteiger partial charge in [-0.05, 0) is 5.56 Å². The first-order chi connectivity index (χ1) is 6.13. The Labute approximate surface area is 87.8 Å². The van der Waals surface area contributed by atoms with Crippen LogP contribution in [0.5, 0.6) is 0 Å². The second-order valence-corrected chi connectivity index (χ2v) is 2.72. The van der Waals surface area contributed by atoms with Gasteiger partial charge in [-0.2, -0.15) is 0 Å². The zero-order valence-corrected chi connectivity index (χ0v) is 8.15. The summed E-state index contributed by atoms with van der Waals surface area (Å²) in [6, 6.07) is 7.75. The topological polar surface area (TPSA) is 83.5 Å². The van der Waals surface area contributed by atoms with Gasteiger partial charge in [-0.1, -0.05) is 30.3 Å². The van der Waals surface area contributed by atoms with Crippen LogP contribution >= 0.6 is 12.4 Å². The molecule has 0 spiro atoms. The van der Waals surface area contributed by atoms with Crippen molar-refractivity contribution in [3.05, 3.63) is 35.9 Å². The number of halogens is 1. The van der Waals surface area contributed by atoms with Gasteiger partial charge in [0.15, 0.2) is 6.10 Å². The summed E-state index contributed by atoms with van der Waals surface area (Å²) < 4.78 is 0. The average Bonchev–Trinajstić information content (AvgIpc) is 2.17. The van der Waals surface area contributed by atoms with Gasteiger partial charge < -0.3 is 15.9 Å². The van der Waals surface area contributed by atoms with E-state index in [4.69, 9.17) is 15.9 Å². The van der Waals surface area contributed by atoms with Gasteiger partial charge in [-0.3, -0.25) is 0 Å². The van der Waals surface area contributed by atoms with Crippen LogP contribution in [-0.4, -0.2) is 22.3 Å². The third-order valence-corrected chi connectivity index (χ3v) is 1.78. The molecule has 0 fully saturated rings. The van der Waals surface area contributed by atoms with Crippen LogP contribution in [0.3, 0.4) is 0 Å². The third kappa shape index (κ3) is 2.99. The zero-order valence-electron chi connectivity index (χ0n) is 7.33. The molecule has 4 N–H and O–H groups in total. The fraction of sp³-hybridized carbons (Fsp3) is 0.222. The van der Waals surface area contributed by atoms with E-state index >= 15 is 0 Å². The van der Waals surface area contributed by atoms with E-state index in [1.54, 1.807) is 30.3 Å². The molecule has 14 heavy (non-hydrogen) atoms. The highest BCUT2D eigenvalue weighted by Gasteiger charge is 2.22. The van der Waals surface area contributed by atoms with Crippen molar-refractivity contribution in [2.45, 2.75) is 12.1 Å². The second-order valence-electron chi connectivity index (χ2n) is 2.72. The van der Waals surface area contributed by atoms with E-state index in [1.807, 2.05) is 0 Å². The first-order valence-electron chi connectivity index (χ1n) is 3.84. The molecule has 5 heteroatoms. The number of benzene rings is 1. The van der Waals surface area contributed by atoms with Gasteiger partial charge in [0.2, 0.25) is 0 Å². The van der Waals surface area contributed by atoms with Crippen LogP contribution in [0.2, 0.25) is 0 Å². The Bertz CT molecular complexity index is 291. The Morgan fingerprint density at radius 3 is 2.21 bits per heavy atom. The summed E-state index contributed by atoms with van der Waals surface area (Å²) in [6.07, 6.45) is -1.55. The lowest BCUT2D eigenvalue weighted by Crippen LogP contribution is -2.33. The quantitative estimate of drug-likeness (QED) is 0.691. The van der Waals surface area contributed by atoms with Gasteiger partial charge in [0, 0.05) is 0 Å². The van der Waals surface area contributed by atoms with Crippen molar-refractivity contribution in [3.63, 3.8) is 0 Å². The maximum atomic E-state index is 10.4. The van der Waals surface area contributed by atoms with Crippen LogP contribution in [0.4, 0.5) is 0 Å². The highest BCUT2D eigenvalue weighted by molar-refractivity contribution is 5.85. The number of aliphatic carboxylic acids is 1. The lowest BCUT2D eigenvalue weighted by Gasteiger charge is -2.14. The lowest BCUT2D eigenvalue weighted by atomic mass is 10.0. The third-order valence-electron chi connectivity index (χ3n) is 1.78. The van der Waals surface area contributed by atoms with Crippen molar-refractivity contribution in [2.75, 3.05) is 0 Å². The molecule has 1 aromatic carbocycles. The zero-order chi connectivity index (χ0) is 9.84. The Morgan fingerprint density at radius 2 is 1.79 bits per heavy atom. The molecule has 4 nitrogen and oxygen atoms in total. The van der Waals surface area contributed by atoms with Crippen LogP contribution in [-0.2, 0) is 4.79 Å². The molecule has 0 aliphatic heterocycles. The average molecular weight is 218 g/mol. The minimum absolute atomic E-state index is 0. The van der Waals surface area contributed by atoms with E-state index in [-0.39, 0.29) is 12.4 Å². The molecule has 2 atom stereocenters. The van der Waals surface area contributed by atoms with Crippen molar-refractivity contribution in [1.82, 2.24) is 0 Å². The number of aliphatic hydroxyl groups excluding tert-OH is 1. The molecule has 78 valence electrons. The Morgan fingerprint density at radius 1 is 1.29 bits per heavy atom. The van der Waals surface area contributed by atoms with E-state index in [2.05, 4.69) is 0 Å². The molecule has 0 radical (unpaired) electrons. The molecule has 1 aromatic rings. The molecule has 0 aliphatic carbocycles. The van der Waals surface area contributed by atoms with Crippen LogP contribution < -0.4 is 5.73 Å². The van der Waals surface area contributed by atoms with E-state index < -0.39 is 18.1 Å². The molecule has 0 heterocycles. The second kappa shape index (κ2) is 5.59.